The van der Waals surface area contributed by atoms with Gasteiger partial charge in [-0.3, -0.25) is 9.69 Å². The second-order valence-corrected chi connectivity index (χ2v) is 8.96. The minimum absolute atomic E-state index is 0.195. The van der Waals surface area contributed by atoms with Crippen molar-refractivity contribution in [2.45, 2.75) is 37.5 Å². The van der Waals surface area contributed by atoms with Gasteiger partial charge >= 0.3 is 0 Å². The summed E-state index contributed by atoms with van der Waals surface area (Å²) in [6.07, 6.45) is 2.20. The minimum Gasteiger partial charge on any atom is -0.370 e. The number of likely N-dealkylation sites (tertiary alicyclic amines) is 2. The van der Waals surface area contributed by atoms with Gasteiger partial charge in [-0.2, -0.15) is 0 Å². The quantitative estimate of drug-likeness (QED) is 0.855. The molecule has 0 radical (unpaired) electrons. The van der Waals surface area contributed by atoms with E-state index in [0.717, 1.165) is 51.2 Å². The monoisotopic (exact) mass is 391 g/mol. The van der Waals surface area contributed by atoms with E-state index in [-0.39, 0.29) is 17.6 Å². The third kappa shape index (κ3) is 3.33. The number of benzene rings is 1. The number of carbonyl (C=O) groups is 1. The van der Waals surface area contributed by atoms with Crippen LogP contribution in [0.25, 0.3) is 0 Å². The van der Waals surface area contributed by atoms with Gasteiger partial charge in [0, 0.05) is 49.7 Å². The summed E-state index contributed by atoms with van der Waals surface area (Å²) in [5, 5.41) is 0. The molecule has 4 fully saturated rings. The van der Waals surface area contributed by atoms with Crippen molar-refractivity contribution in [1.82, 2.24) is 9.80 Å². The number of ether oxygens (including phenoxy) is 1. The number of nitrogens with two attached hydrogens (primary N) is 1. The lowest BCUT2D eigenvalue weighted by Crippen LogP contribution is -2.49. The normalized spacial score (nSPS) is 36.0. The highest BCUT2D eigenvalue weighted by Crippen LogP contribution is 2.39. The summed E-state index contributed by atoms with van der Waals surface area (Å²) in [6.45, 7) is 4.12. The van der Waals surface area contributed by atoms with Gasteiger partial charge in [0.1, 0.15) is 17.7 Å². The number of hydrogen-bond donors (Lipinski definition) is 1. The summed E-state index contributed by atoms with van der Waals surface area (Å²) in [7, 11) is 0. The molecule has 1 aromatic rings. The average Bonchev–Trinajstić information content (AvgIpc) is 3.33. The SMILES string of the molecule is NC1CC(N2CC3CN(C(=O)C4CC4)CC3C2)COC1c1cc(F)ccc1F. The molecule has 7 heteroatoms. The molecule has 5 nitrogen and oxygen atoms in total. The molecule has 1 aromatic carbocycles. The first-order valence-corrected chi connectivity index (χ1v) is 10.3. The van der Waals surface area contributed by atoms with Gasteiger partial charge in [-0.1, -0.05) is 0 Å². The smallest absolute Gasteiger partial charge is 0.225 e. The second-order valence-electron chi connectivity index (χ2n) is 8.96. The molecule has 0 spiro atoms. The van der Waals surface area contributed by atoms with Crippen LogP contribution < -0.4 is 5.73 Å². The van der Waals surface area contributed by atoms with Crippen molar-refractivity contribution >= 4 is 5.91 Å². The fraction of sp³-hybridized carbons (Fsp3) is 0.667. The Hall–Kier alpha value is -1.57. The zero-order chi connectivity index (χ0) is 19.4. The Labute approximate surface area is 163 Å². The van der Waals surface area contributed by atoms with Crippen LogP contribution in [0.2, 0.25) is 0 Å². The van der Waals surface area contributed by atoms with Crippen LogP contribution in [0.1, 0.15) is 30.9 Å². The zero-order valence-corrected chi connectivity index (χ0v) is 15.9. The average molecular weight is 391 g/mol. The highest BCUT2D eigenvalue weighted by Gasteiger charge is 2.46. The Balaban J connectivity index is 1.19. The summed E-state index contributed by atoms with van der Waals surface area (Å²) in [5.74, 6) is 0.738. The summed E-state index contributed by atoms with van der Waals surface area (Å²) in [6, 6.07) is 3.25. The number of fused-ring (bicyclic) bond motifs is 1. The molecule has 3 heterocycles. The van der Waals surface area contributed by atoms with Gasteiger partial charge < -0.3 is 15.4 Å². The number of hydrogen-bond acceptors (Lipinski definition) is 4. The van der Waals surface area contributed by atoms with Crippen molar-refractivity contribution in [3.8, 4) is 0 Å². The Bertz CT molecular complexity index is 758. The van der Waals surface area contributed by atoms with Crippen molar-refractivity contribution in [2.24, 2.45) is 23.5 Å². The molecule has 0 bridgehead atoms. The molecule has 3 aliphatic heterocycles. The largest absolute Gasteiger partial charge is 0.370 e. The molecule has 1 aliphatic carbocycles. The van der Waals surface area contributed by atoms with Gasteiger partial charge in [0.2, 0.25) is 5.91 Å². The topological polar surface area (TPSA) is 58.8 Å². The lowest BCUT2D eigenvalue weighted by Gasteiger charge is -2.39. The number of carbonyl (C=O) groups excluding carboxylic acids is 1. The van der Waals surface area contributed by atoms with Gasteiger partial charge in [0.25, 0.3) is 0 Å². The van der Waals surface area contributed by atoms with Gasteiger partial charge in [-0.15, -0.1) is 0 Å². The van der Waals surface area contributed by atoms with Gasteiger partial charge in [0.15, 0.2) is 0 Å². The molecule has 3 saturated heterocycles. The van der Waals surface area contributed by atoms with E-state index >= 15 is 0 Å². The lowest BCUT2D eigenvalue weighted by atomic mass is 9.93. The molecule has 5 rings (SSSR count). The maximum atomic E-state index is 14.1. The van der Waals surface area contributed by atoms with Crippen LogP contribution in [0.15, 0.2) is 18.2 Å². The summed E-state index contributed by atoms with van der Waals surface area (Å²) < 4.78 is 33.5. The molecular weight excluding hydrogens is 364 g/mol. The molecule has 5 atom stereocenters. The first-order valence-electron chi connectivity index (χ1n) is 10.3. The van der Waals surface area contributed by atoms with Crippen LogP contribution in [0.5, 0.6) is 0 Å². The van der Waals surface area contributed by atoms with Crippen molar-refractivity contribution in [2.75, 3.05) is 32.8 Å². The van der Waals surface area contributed by atoms with E-state index in [2.05, 4.69) is 9.80 Å². The Morgan fingerprint density at radius 1 is 1.11 bits per heavy atom. The first kappa shape index (κ1) is 18.5. The Morgan fingerprint density at radius 3 is 2.46 bits per heavy atom. The highest BCUT2D eigenvalue weighted by atomic mass is 19.1. The number of rotatable bonds is 3. The number of nitrogens with zero attached hydrogens (tertiary/aromatic N) is 2. The Kier molecular flexibility index (Phi) is 4.64. The molecule has 4 aliphatic rings. The van der Waals surface area contributed by atoms with Crippen LogP contribution in [0.3, 0.4) is 0 Å². The summed E-state index contributed by atoms with van der Waals surface area (Å²) in [4.78, 5) is 16.8. The van der Waals surface area contributed by atoms with Gasteiger partial charge in [-0.25, -0.2) is 8.78 Å². The van der Waals surface area contributed by atoms with Crippen molar-refractivity contribution < 1.29 is 18.3 Å². The maximum Gasteiger partial charge on any atom is 0.225 e. The number of halogens is 2. The van der Waals surface area contributed by atoms with E-state index in [9.17, 15) is 13.6 Å². The molecule has 152 valence electrons. The highest BCUT2D eigenvalue weighted by molar-refractivity contribution is 5.81. The van der Waals surface area contributed by atoms with Gasteiger partial charge in [-0.05, 0) is 49.3 Å². The lowest BCUT2D eigenvalue weighted by molar-refractivity contribution is -0.131. The maximum absolute atomic E-state index is 14.1. The van der Waals surface area contributed by atoms with Crippen molar-refractivity contribution in [3.05, 3.63) is 35.4 Å². The third-order valence-corrected chi connectivity index (χ3v) is 6.94. The van der Waals surface area contributed by atoms with E-state index in [0.29, 0.717) is 36.7 Å². The molecule has 2 N–H and O–H groups in total. The minimum atomic E-state index is -0.610. The van der Waals surface area contributed by atoms with Crippen LogP contribution in [0.4, 0.5) is 8.78 Å². The van der Waals surface area contributed by atoms with E-state index in [4.69, 9.17) is 10.5 Å². The first-order chi connectivity index (χ1) is 13.5. The molecule has 0 aromatic heterocycles. The molecular formula is C21H27F2N3O2. The molecule has 1 saturated carbocycles. The van der Waals surface area contributed by atoms with E-state index in [1.54, 1.807) is 0 Å². The Morgan fingerprint density at radius 2 is 1.82 bits per heavy atom. The second kappa shape index (κ2) is 7.04. The predicted octanol–water partition coefficient (Wildman–Crippen LogP) is 1.92. The van der Waals surface area contributed by atoms with Crippen molar-refractivity contribution in [1.29, 1.82) is 0 Å². The predicted molar refractivity (Wildman–Crippen MR) is 99.3 cm³/mol. The van der Waals surface area contributed by atoms with Crippen LogP contribution in [0, 0.1) is 29.4 Å². The summed E-state index contributed by atoms with van der Waals surface area (Å²) in [5.41, 5.74) is 6.52. The van der Waals surface area contributed by atoms with Crippen LogP contribution in [-0.2, 0) is 9.53 Å². The molecule has 5 unspecified atom stereocenters. The van der Waals surface area contributed by atoms with Gasteiger partial charge in [0.05, 0.1) is 6.61 Å². The van der Waals surface area contributed by atoms with Crippen LogP contribution >= 0.6 is 0 Å². The van der Waals surface area contributed by atoms with E-state index in [1.165, 1.54) is 6.07 Å². The summed E-state index contributed by atoms with van der Waals surface area (Å²) >= 11 is 0. The third-order valence-electron chi connectivity index (χ3n) is 6.94. The fourth-order valence-electron chi connectivity index (χ4n) is 5.25. The van der Waals surface area contributed by atoms with E-state index in [1.807, 2.05) is 0 Å². The zero-order valence-electron chi connectivity index (χ0n) is 15.9. The molecule has 28 heavy (non-hydrogen) atoms. The van der Waals surface area contributed by atoms with Crippen molar-refractivity contribution in [3.63, 3.8) is 0 Å². The van der Waals surface area contributed by atoms with E-state index < -0.39 is 17.7 Å². The van der Waals surface area contributed by atoms with Crippen LogP contribution in [-0.4, -0.2) is 60.6 Å². The number of amides is 1. The standard InChI is InChI=1S/C21H27F2N3O2/c22-15-3-4-18(23)17(5-15)20-19(24)6-16(11-28-20)25-7-13-9-26(10-14(13)8-25)21(27)12-1-2-12/h3-5,12-14,16,19-20H,1-2,6-11,24H2. The fourth-order valence-corrected chi connectivity index (χ4v) is 5.25. The molecule has 1 amide bonds.